The molecule has 2 aromatic rings. The van der Waals surface area contributed by atoms with Gasteiger partial charge < -0.3 is 36.0 Å². The molecule has 0 spiro atoms. The molecule has 5 heterocycles. The summed E-state index contributed by atoms with van der Waals surface area (Å²) in [6.45, 7) is 6.50. The molecule has 258 valence electrons. The number of hydrogen-bond acceptors (Lipinski definition) is 6. The van der Waals surface area contributed by atoms with Gasteiger partial charge >= 0.3 is 12.1 Å². The fourth-order valence-electron chi connectivity index (χ4n) is 8.73. The van der Waals surface area contributed by atoms with E-state index in [4.69, 9.17) is 17.3 Å². The highest BCUT2D eigenvalue weighted by atomic mass is 35.5. The molecule has 4 N–H and O–H groups in total. The number of nitrogens with two attached hydrogens (primary N) is 1. The van der Waals surface area contributed by atoms with Crippen molar-refractivity contribution in [3.05, 3.63) is 58.1 Å². The average Bonchev–Trinajstić information content (AvgIpc) is 3.28. The third-order valence-electron chi connectivity index (χ3n) is 11.7. The Kier molecular flexibility index (Phi) is 9.45. The Balaban J connectivity index is 0.987. The molecule has 2 unspecified atom stereocenters. The van der Waals surface area contributed by atoms with Crippen molar-refractivity contribution in [1.29, 1.82) is 0 Å². The van der Waals surface area contributed by atoms with E-state index in [0.717, 1.165) is 35.5 Å². The van der Waals surface area contributed by atoms with E-state index in [1.54, 1.807) is 11.0 Å². The van der Waals surface area contributed by atoms with Crippen molar-refractivity contribution < 1.29 is 14.4 Å². The van der Waals surface area contributed by atoms with Gasteiger partial charge in [0.1, 0.15) is 6.04 Å². The number of likely N-dealkylation sites (tertiary alicyclic amines) is 1. The maximum Gasteiger partial charge on any atom is 0.322 e. The predicted octanol–water partition coefficient (Wildman–Crippen LogP) is 4.13. The number of aryl methyl sites for hydroxylation is 1. The summed E-state index contributed by atoms with van der Waals surface area (Å²) in [7, 11) is 2.27. The highest BCUT2D eigenvalue weighted by molar-refractivity contribution is 6.33. The number of nitrogen functional groups attached to an aromatic ring is 1. The van der Waals surface area contributed by atoms with Gasteiger partial charge in [0.05, 0.1) is 10.7 Å². The number of anilines is 2. The van der Waals surface area contributed by atoms with Gasteiger partial charge in [-0.25, -0.2) is 9.59 Å². The number of urea groups is 2. The largest absolute Gasteiger partial charge is 0.397 e. The Hall–Kier alpha value is -3.54. The molecule has 5 aliphatic rings. The minimum atomic E-state index is -0.732. The zero-order valence-corrected chi connectivity index (χ0v) is 28.9. The van der Waals surface area contributed by atoms with E-state index >= 15 is 0 Å². The third kappa shape index (κ3) is 6.69. The fourth-order valence-corrected chi connectivity index (χ4v) is 9.02. The number of nitrogens with zero attached hydrogens (tertiary/aromatic N) is 5. The fraction of sp³-hybridized carbons (Fsp3) is 0.583. The SMILES string of the molecule is Cc1cc(C[C@@H](NC(=O)N2CCC(N3Cc4ccccc4NC3=O)CC2)C(=O)N2CCN(C3CC4CCC(C3)N4C)CC2)cc(Cl)c1N. The number of nitrogens with one attached hydrogen (secondary N) is 2. The van der Waals surface area contributed by atoms with E-state index in [2.05, 4.69) is 27.5 Å². The second-order valence-corrected chi connectivity index (χ2v) is 14.9. The molecule has 0 aliphatic carbocycles. The van der Waals surface area contributed by atoms with Gasteiger partial charge in [-0.15, -0.1) is 0 Å². The van der Waals surface area contributed by atoms with E-state index in [0.29, 0.717) is 80.8 Å². The van der Waals surface area contributed by atoms with Crippen LogP contribution in [-0.2, 0) is 17.8 Å². The summed E-state index contributed by atoms with van der Waals surface area (Å²) >= 11 is 6.44. The van der Waals surface area contributed by atoms with E-state index in [1.807, 2.05) is 47.1 Å². The van der Waals surface area contributed by atoms with E-state index < -0.39 is 6.04 Å². The van der Waals surface area contributed by atoms with Crippen molar-refractivity contribution in [2.45, 2.75) is 88.6 Å². The molecular weight excluding hydrogens is 628 g/mol. The Bertz CT molecular complexity index is 1500. The monoisotopic (exact) mass is 676 g/mol. The number of carbonyl (C=O) groups is 3. The molecule has 2 aromatic carbocycles. The summed E-state index contributed by atoms with van der Waals surface area (Å²) in [6, 6.07) is 12.5. The first-order valence-corrected chi connectivity index (χ1v) is 18.0. The predicted molar refractivity (Wildman–Crippen MR) is 188 cm³/mol. The molecule has 7 rings (SSSR count). The van der Waals surface area contributed by atoms with Crippen molar-refractivity contribution >= 4 is 40.9 Å². The first kappa shape index (κ1) is 33.0. The minimum absolute atomic E-state index is 0.0378. The van der Waals surface area contributed by atoms with Crippen LogP contribution in [0.25, 0.3) is 0 Å². The number of amides is 5. The molecule has 12 heteroatoms. The Morgan fingerprint density at radius 2 is 1.62 bits per heavy atom. The van der Waals surface area contributed by atoms with Crippen LogP contribution >= 0.6 is 11.6 Å². The van der Waals surface area contributed by atoms with E-state index in [-0.39, 0.29) is 24.0 Å². The highest BCUT2D eigenvalue weighted by Crippen LogP contribution is 2.36. The van der Waals surface area contributed by atoms with E-state index in [1.165, 1.54) is 25.7 Å². The summed E-state index contributed by atoms with van der Waals surface area (Å²) in [4.78, 5) is 51.5. The van der Waals surface area contributed by atoms with Gasteiger partial charge in [-0.2, -0.15) is 0 Å². The van der Waals surface area contributed by atoms with Crippen LogP contribution in [0.3, 0.4) is 0 Å². The van der Waals surface area contributed by atoms with Gasteiger partial charge in [-0.05, 0) is 81.3 Å². The molecule has 11 nitrogen and oxygen atoms in total. The molecule has 3 atom stereocenters. The second-order valence-electron chi connectivity index (χ2n) is 14.5. The normalized spacial score (nSPS) is 25.9. The van der Waals surface area contributed by atoms with Gasteiger partial charge in [0.2, 0.25) is 5.91 Å². The smallest absolute Gasteiger partial charge is 0.322 e. The Morgan fingerprint density at radius 3 is 2.31 bits per heavy atom. The molecule has 4 fully saturated rings. The summed E-state index contributed by atoms with van der Waals surface area (Å²) in [5, 5.41) is 6.57. The average molecular weight is 677 g/mol. The van der Waals surface area contributed by atoms with Crippen molar-refractivity contribution in [2.75, 3.05) is 57.4 Å². The number of carbonyl (C=O) groups excluding carboxylic acids is 3. The molecule has 5 aliphatic heterocycles. The van der Waals surface area contributed by atoms with Crippen LogP contribution in [0.5, 0.6) is 0 Å². The van der Waals surface area contributed by atoms with Gasteiger partial charge in [0, 0.05) is 82.1 Å². The van der Waals surface area contributed by atoms with Crippen LogP contribution in [-0.4, -0.2) is 119 Å². The summed E-state index contributed by atoms with van der Waals surface area (Å²) in [5.41, 5.74) is 10.3. The molecule has 0 radical (unpaired) electrons. The first-order chi connectivity index (χ1) is 23.1. The topological polar surface area (TPSA) is 117 Å². The quantitative estimate of drug-likeness (QED) is 0.396. The number of hydrogen-bond donors (Lipinski definition) is 3. The lowest BCUT2D eigenvalue weighted by molar-refractivity contribution is -0.135. The van der Waals surface area contributed by atoms with Crippen molar-refractivity contribution in [1.82, 2.24) is 29.8 Å². The van der Waals surface area contributed by atoms with Gasteiger partial charge in [-0.3, -0.25) is 9.69 Å². The summed E-state index contributed by atoms with van der Waals surface area (Å²) in [6.07, 6.45) is 6.70. The van der Waals surface area contributed by atoms with Crippen LogP contribution in [0.2, 0.25) is 5.02 Å². The van der Waals surface area contributed by atoms with Crippen molar-refractivity contribution in [2.24, 2.45) is 0 Å². The third-order valence-corrected chi connectivity index (χ3v) is 12.0. The second kappa shape index (κ2) is 13.8. The molecule has 4 saturated heterocycles. The van der Waals surface area contributed by atoms with Crippen LogP contribution in [0, 0.1) is 6.92 Å². The molecular formula is C36H49ClN8O3. The van der Waals surface area contributed by atoms with Gasteiger partial charge in [0.15, 0.2) is 0 Å². The Labute approximate surface area is 288 Å². The first-order valence-electron chi connectivity index (χ1n) is 17.6. The van der Waals surface area contributed by atoms with E-state index in [9.17, 15) is 14.4 Å². The lowest BCUT2D eigenvalue weighted by Crippen LogP contribution is -2.60. The van der Waals surface area contributed by atoms with Gasteiger partial charge in [-0.1, -0.05) is 35.9 Å². The standard InChI is InChI=1S/C36H49ClN8O3/c1-23-17-24(18-30(37)33(23)38)19-32(34(46)43-15-13-42(14-16-43)29-20-27-7-8-28(21-29)41(27)2)40-35(47)44-11-9-26(10-12-44)45-22-25-5-3-4-6-31(25)39-36(45)48/h3-6,17-18,26-29,32H,7-16,19-22,38H2,1-2H3,(H,39,48)(H,40,47)/t27?,28?,29?,32-/m1/s1. The van der Waals surface area contributed by atoms with Crippen molar-refractivity contribution in [3.63, 3.8) is 0 Å². The molecule has 0 aromatic heterocycles. The van der Waals surface area contributed by atoms with Crippen LogP contribution in [0.4, 0.5) is 21.0 Å². The summed E-state index contributed by atoms with van der Waals surface area (Å²) < 4.78 is 0. The maximum atomic E-state index is 14.2. The van der Waals surface area contributed by atoms with Crippen LogP contribution in [0.1, 0.15) is 55.2 Å². The lowest BCUT2D eigenvalue weighted by atomic mass is 9.96. The Morgan fingerprint density at radius 1 is 0.938 bits per heavy atom. The molecule has 0 saturated carbocycles. The number of benzene rings is 2. The number of rotatable bonds is 6. The highest BCUT2D eigenvalue weighted by Gasteiger charge is 2.41. The number of piperazine rings is 1. The molecule has 48 heavy (non-hydrogen) atoms. The number of halogens is 1. The van der Waals surface area contributed by atoms with Crippen molar-refractivity contribution in [3.8, 4) is 0 Å². The molecule has 2 bridgehead atoms. The number of fused-ring (bicyclic) bond motifs is 3. The zero-order chi connectivity index (χ0) is 33.5. The zero-order valence-electron chi connectivity index (χ0n) is 28.2. The van der Waals surface area contributed by atoms with Crippen LogP contribution in [0.15, 0.2) is 36.4 Å². The summed E-state index contributed by atoms with van der Waals surface area (Å²) in [5.74, 6) is -0.0596. The lowest BCUT2D eigenvalue weighted by Gasteiger charge is -2.45. The van der Waals surface area contributed by atoms with Crippen LogP contribution < -0.4 is 16.4 Å². The maximum absolute atomic E-state index is 14.2. The van der Waals surface area contributed by atoms with Gasteiger partial charge in [0.25, 0.3) is 0 Å². The minimum Gasteiger partial charge on any atom is -0.397 e. The molecule has 5 amide bonds. The number of piperidine rings is 2. The number of para-hydroxylation sites is 1.